The predicted molar refractivity (Wildman–Crippen MR) is 73.6 cm³/mol. The molecule has 1 heterocycles. The van der Waals surface area contributed by atoms with Crippen molar-refractivity contribution in [2.24, 2.45) is 5.92 Å². The molecule has 1 aromatic rings. The van der Waals surface area contributed by atoms with Gasteiger partial charge in [0.2, 0.25) is 5.91 Å². The van der Waals surface area contributed by atoms with Crippen LogP contribution in [0.15, 0.2) is 24.3 Å². The molecule has 18 heavy (non-hydrogen) atoms. The Bertz CT molecular complexity index is 399. The van der Waals surface area contributed by atoms with Gasteiger partial charge >= 0.3 is 0 Å². The maximum atomic E-state index is 12.1. The normalized spacial score (nSPS) is 21.3. The summed E-state index contributed by atoms with van der Waals surface area (Å²) in [7, 11) is 0. The number of benzene rings is 1. The fourth-order valence-corrected chi connectivity index (χ4v) is 2.37. The quantitative estimate of drug-likeness (QED) is 0.883. The molecular formula is C14H19ClN2O. The molecule has 0 unspecified atom stereocenters. The van der Waals surface area contributed by atoms with E-state index in [9.17, 15) is 4.79 Å². The summed E-state index contributed by atoms with van der Waals surface area (Å²) in [5, 5.41) is 7.04. The van der Waals surface area contributed by atoms with Crippen molar-refractivity contribution in [2.75, 3.05) is 13.1 Å². The molecule has 0 saturated carbocycles. The zero-order chi connectivity index (χ0) is 13.0. The molecule has 2 rings (SSSR count). The molecule has 1 aromatic carbocycles. The number of amides is 1. The van der Waals surface area contributed by atoms with Gasteiger partial charge in [-0.15, -0.1) is 0 Å². The van der Waals surface area contributed by atoms with Crippen molar-refractivity contribution >= 4 is 17.5 Å². The third kappa shape index (κ3) is 3.47. The zero-order valence-corrected chi connectivity index (χ0v) is 11.3. The van der Waals surface area contributed by atoms with Gasteiger partial charge < -0.3 is 10.6 Å². The smallest absolute Gasteiger partial charge is 0.224 e. The van der Waals surface area contributed by atoms with Crippen molar-refractivity contribution < 1.29 is 4.79 Å². The van der Waals surface area contributed by atoms with Gasteiger partial charge in [0.05, 0.1) is 12.0 Å². The molecule has 1 saturated heterocycles. The fourth-order valence-electron chi connectivity index (χ4n) is 2.24. The van der Waals surface area contributed by atoms with Gasteiger partial charge in [-0.25, -0.2) is 0 Å². The first-order valence-electron chi connectivity index (χ1n) is 6.43. The number of piperidine rings is 1. The van der Waals surface area contributed by atoms with Crippen LogP contribution in [0.1, 0.15) is 31.4 Å². The van der Waals surface area contributed by atoms with E-state index in [2.05, 4.69) is 10.6 Å². The molecule has 4 heteroatoms. The highest BCUT2D eigenvalue weighted by Gasteiger charge is 2.22. The monoisotopic (exact) mass is 266 g/mol. The maximum Gasteiger partial charge on any atom is 0.224 e. The Morgan fingerprint density at radius 2 is 2.17 bits per heavy atom. The Hall–Kier alpha value is -1.06. The molecule has 2 atom stereocenters. The summed E-state index contributed by atoms with van der Waals surface area (Å²) in [4.78, 5) is 12.1. The van der Waals surface area contributed by atoms with Crippen molar-refractivity contribution in [2.45, 2.75) is 25.8 Å². The van der Waals surface area contributed by atoms with Crippen molar-refractivity contribution in [3.05, 3.63) is 34.9 Å². The minimum absolute atomic E-state index is 0.0247. The summed E-state index contributed by atoms with van der Waals surface area (Å²) in [6.45, 7) is 3.81. The molecule has 1 aliphatic rings. The second-order valence-electron chi connectivity index (χ2n) is 4.83. The number of hydrogen-bond donors (Lipinski definition) is 2. The average molecular weight is 267 g/mol. The lowest BCUT2D eigenvalue weighted by Crippen LogP contribution is -2.41. The van der Waals surface area contributed by atoms with Crippen LogP contribution in [0.3, 0.4) is 0 Å². The van der Waals surface area contributed by atoms with Crippen LogP contribution in [0, 0.1) is 5.92 Å². The Balaban J connectivity index is 1.91. The van der Waals surface area contributed by atoms with Crippen LogP contribution in [-0.2, 0) is 4.79 Å². The summed E-state index contributed by atoms with van der Waals surface area (Å²) in [6, 6.07) is 7.62. The van der Waals surface area contributed by atoms with Crippen LogP contribution < -0.4 is 10.6 Å². The van der Waals surface area contributed by atoms with Crippen LogP contribution in [0.2, 0.25) is 5.02 Å². The highest BCUT2D eigenvalue weighted by atomic mass is 35.5. The number of halogens is 1. The lowest BCUT2D eigenvalue weighted by atomic mass is 9.98. The van der Waals surface area contributed by atoms with E-state index in [-0.39, 0.29) is 17.9 Å². The predicted octanol–water partition coefficient (Wildman–Crippen LogP) is 2.52. The van der Waals surface area contributed by atoms with Crippen LogP contribution >= 0.6 is 11.6 Å². The number of rotatable bonds is 3. The number of carbonyl (C=O) groups is 1. The van der Waals surface area contributed by atoms with Crippen molar-refractivity contribution in [3.63, 3.8) is 0 Å². The van der Waals surface area contributed by atoms with E-state index in [4.69, 9.17) is 11.6 Å². The first-order valence-corrected chi connectivity index (χ1v) is 6.81. The summed E-state index contributed by atoms with van der Waals surface area (Å²) < 4.78 is 0. The minimum Gasteiger partial charge on any atom is -0.349 e. The summed E-state index contributed by atoms with van der Waals surface area (Å²) >= 11 is 5.85. The number of hydrogen-bond acceptors (Lipinski definition) is 2. The van der Waals surface area contributed by atoms with E-state index in [0.717, 1.165) is 31.5 Å². The third-order valence-electron chi connectivity index (χ3n) is 3.40. The first-order chi connectivity index (χ1) is 8.66. The standard InChI is InChI=1S/C14H19ClN2O/c1-10(11-4-6-13(15)7-5-11)17-14(18)12-3-2-8-16-9-12/h4-7,10,12,16H,2-3,8-9H2,1H3,(H,17,18)/t10-,12+/m0/s1. The van der Waals surface area contributed by atoms with Gasteiger partial charge in [-0.05, 0) is 44.0 Å². The fraction of sp³-hybridized carbons (Fsp3) is 0.500. The average Bonchev–Trinajstić information content (AvgIpc) is 2.40. The molecule has 2 N–H and O–H groups in total. The van der Waals surface area contributed by atoms with Gasteiger partial charge in [0.15, 0.2) is 0 Å². The van der Waals surface area contributed by atoms with Gasteiger partial charge in [-0.2, -0.15) is 0 Å². The Kier molecular flexibility index (Phi) is 4.61. The van der Waals surface area contributed by atoms with Crippen molar-refractivity contribution in [1.82, 2.24) is 10.6 Å². The van der Waals surface area contributed by atoms with Gasteiger partial charge in [0.1, 0.15) is 0 Å². The molecule has 0 aromatic heterocycles. The summed E-state index contributed by atoms with van der Waals surface area (Å²) in [6.07, 6.45) is 2.06. The first kappa shape index (κ1) is 13.4. The van der Waals surface area contributed by atoms with E-state index in [1.807, 2.05) is 31.2 Å². The van der Waals surface area contributed by atoms with E-state index in [1.54, 1.807) is 0 Å². The zero-order valence-electron chi connectivity index (χ0n) is 10.6. The molecule has 1 amide bonds. The molecule has 0 spiro atoms. The van der Waals surface area contributed by atoms with Crippen LogP contribution in [0.4, 0.5) is 0 Å². The Morgan fingerprint density at radius 1 is 1.44 bits per heavy atom. The molecule has 1 aliphatic heterocycles. The SMILES string of the molecule is C[C@H](NC(=O)[C@@H]1CCCNC1)c1ccc(Cl)cc1. The third-order valence-corrected chi connectivity index (χ3v) is 3.65. The van der Waals surface area contributed by atoms with E-state index in [0.29, 0.717) is 5.02 Å². The van der Waals surface area contributed by atoms with Crippen molar-refractivity contribution in [1.29, 1.82) is 0 Å². The largest absolute Gasteiger partial charge is 0.349 e. The molecule has 0 radical (unpaired) electrons. The summed E-state index contributed by atoms with van der Waals surface area (Å²) in [5.74, 6) is 0.248. The van der Waals surface area contributed by atoms with Gasteiger partial charge in [-0.1, -0.05) is 23.7 Å². The van der Waals surface area contributed by atoms with E-state index < -0.39 is 0 Å². The second-order valence-corrected chi connectivity index (χ2v) is 5.26. The van der Waals surface area contributed by atoms with Gasteiger partial charge in [0, 0.05) is 11.6 Å². The van der Waals surface area contributed by atoms with Crippen LogP contribution in [0.25, 0.3) is 0 Å². The highest BCUT2D eigenvalue weighted by Crippen LogP contribution is 2.17. The molecule has 98 valence electrons. The number of nitrogens with one attached hydrogen (secondary N) is 2. The number of carbonyl (C=O) groups excluding carboxylic acids is 1. The highest BCUT2D eigenvalue weighted by molar-refractivity contribution is 6.30. The van der Waals surface area contributed by atoms with E-state index >= 15 is 0 Å². The van der Waals surface area contributed by atoms with Crippen molar-refractivity contribution in [3.8, 4) is 0 Å². The lowest BCUT2D eigenvalue weighted by Gasteiger charge is -2.24. The molecule has 1 fully saturated rings. The molecule has 0 bridgehead atoms. The van der Waals surface area contributed by atoms with Gasteiger partial charge in [0.25, 0.3) is 0 Å². The second kappa shape index (κ2) is 6.21. The van der Waals surface area contributed by atoms with E-state index in [1.165, 1.54) is 0 Å². The van der Waals surface area contributed by atoms with Crippen LogP contribution in [-0.4, -0.2) is 19.0 Å². The van der Waals surface area contributed by atoms with Gasteiger partial charge in [-0.3, -0.25) is 4.79 Å². The molecular weight excluding hydrogens is 248 g/mol. The molecule has 0 aliphatic carbocycles. The lowest BCUT2D eigenvalue weighted by molar-refractivity contribution is -0.126. The van der Waals surface area contributed by atoms with Crippen LogP contribution in [0.5, 0.6) is 0 Å². The molecule has 3 nitrogen and oxygen atoms in total. The minimum atomic E-state index is 0.0247. The Labute approximate surface area is 113 Å². The topological polar surface area (TPSA) is 41.1 Å². The maximum absolute atomic E-state index is 12.1. The summed E-state index contributed by atoms with van der Waals surface area (Å²) in [5.41, 5.74) is 1.08. The Morgan fingerprint density at radius 3 is 2.78 bits per heavy atom.